The number of carboxylic acid groups (broad SMARTS) is 1. The van der Waals surface area contributed by atoms with E-state index in [4.69, 9.17) is 5.11 Å². The summed E-state index contributed by atoms with van der Waals surface area (Å²) in [4.78, 5) is 14.8. The molecular weight excluding hydrogens is 192 g/mol. The number of hydrogen-bond donors (Lipinski definition) is 1. The molecule has 2 aromatic heterocycles. The molecule has 0 aliphatic carbocycles. The molecule has 0 unspecified atom stereocenters. The number of aliphatic carboxylic acids is 1. The molecular formula is C11H12N2O2. The highest BCUT2D eigenvalue weighted by molar-refractivity contribution is 5.69. The molecule has 0 radical (unpaired) electrons. The van der Waals surface area contributed by atoms with Crippen molar-refractivity contribution in [1.82, 2.24) is 9.38 Å². The van der Waals surface area contributed by atoms with Gasteiger partial charge in [0.25, 0.3) is 0 Å². The van der Waals surface area contributed by atoms with Crippen molar-refractivity contribution in [2.75, 3.05) is 0 Å². The zero-order chi connectivity index (χ0) is 11.0. The zero-order valence-electron chi connectivity index (χ0n) is 8.69. The van der Waals surface area contributed by atoms with Crippen molar-refractivity contribution in [3.63, 3.8) is 0 Å². The van der Waals surface area contributed by atoms with Gasteiger partial charge in [-0.05, 0) is 25.5 Å². The van der Waals surface area contributed by atoms with Crippen LogP contribution >= 0.6 is 0 Å². The lowest BCUT2D eigenvalue weighted by Gasteiger charge is -2.01. The first-order valence-corrected chi connectivity index (χ1v) is 4.74. The topological polar surface area (TPSA) is 54.6 Å². The maximum Gasteiger partial charge on any atom is 0.309 e. The van der Waals surface area contributed by atoms with E-state index in [0.717, 1.165) is 11.3 Å². The van der Waals surface area contributed by atoms with Gasteiger partial charge in [-0.3, -0.25) is 4.79 Å². The standard InChI is InChI=1S/C11H12N2O2/c1-7-3-4-10-12-9(5-11(14)15)6-13(10)8(7)2/h3-4,6H,5H2,1-2H3,(H,14,15). The van der Waals surface area contributed by atoms with Gasteiger partial charge >= 0.3 is 5.97 Å². The van der Waals surface area contributed by atoms with Crippen LogP contribution in [-0.4, -0.2) is 20.5 Å². The molecule has 0 aromatic carbocycles. The van der Waals surface area contributed by atoms with E-state index in [1.807, 2.05) is 30.4 Å². The summed E-state index contributed by atoms with van der Waals surface area (Å²) >= 11 is 0. The summed E-state index contributed by atoms with van der Waals surface area (Å²) < 4.78 is 1.92. The van der Waals surface area contributed by atoms with E-state index in [1.165, 1.54) is 5.56 Å². The average Bonchev–Trinajstić information content (AvgIpc) is 2.54. The van der Waals surface area contributed by atoms with Gasteiger partial charge in [0.05, 0.1) is 12.1 Å². The summed E-state index contributed by atoms with van der Waals surface area (Å²) in [7, 11) is 0. The van der Waals surface area contributed by atoms with Crippen LogP contribution < -0.4 is 0 Å². The van der Waals surface area contributed by atoms with Crippen LogP contribution in [0.2, 0.25) is 0 Å². The largest absolute Gasteiger partial charge is 0.481 e. The highest BCUT2D eigenvalue weighted by Crippen LogP contribution is 2.12. The number of carboxylic acids is 1. The third-order valence-electron chi connectivity index (χ3n) is 2.53. The number of hydrogen-bond acceptors (Lipinski definition) is 2. The van der Waals surface area contributed by atoms with Gasteiger partial charge < -0.3 is 9.51 Å². The van der Waals surface area contributed by atoms with E-state index in [0.29, 0.717) is 5.69 Å². The Kier molecular flexibility index (Phi) is 2.19. The molecule has 0 saturated heterocycles. The van der Waals surface area contributed by atoms with E-state index in [-0.39, 0.29) is 6.42 Å². The molecule has 0 aliphatic heterocycles. The third kappa shape index (κ3) is 1.70. The first-order chi connectivity index (χ1) is 7.08. The lowest BCUT2D eigenvalue weighted by atomic mass is 10.2. The lowest BCUT2D eigenvalue weighted by Crippen LogP contribution is -1.99. The molecule has 2 rings (SSSR count). The number of rotatable bonds is 2. The number of pyridine rings is 1. The second-order valence-electron chi connectivity index (χ2n) is 3.63. The van der Waals surface area contributed by atoms with Crippen molar-refractivity contribution in [3.05, 3.63) is 35.3 Å². The minimum Gasteiger partial charge on any atom is -0.481 e. The van der Waals surface area contributed by atoms with Crippen molar-refractivity contribution >= 4 is 11.6 Å². The molecule has 78 valence electrons. The fourth-order valence-corrected chi connectivity index (χ4v) is 1.58. The zero-order valence-corrected chi connectivity index (χ0v) is 8.69. The molecule has 0 amide bonds. The molecule has 4 heteroatoms. The van der Waals surface area contributed by atoms with Crippen LogP contribution in [0.15, 0.2) is 18.3 Å². The Morgan fingerprint density at radius 1 is 1.47 bits per heavy atom. The molecule has 2 aromatic rings. The van der Waals surface area contributed by atoms with Crippen LogP contribution in [0.5, 0.6) is 0 Å². The van der Waals surface area contributed by atoms with Gasteiger partial charge in [-0.1, -0.05) is 6.07 Å². The Balaban J connectivity index is 2.56. The maximum atomic E-state index is 10.5. The number of aromatic nitrogens is 2. The monoisotopic (exact) mass is 204 g/mol. The number of fused-ring (bicyclic) bond motifs is 1. The maximum absolute atomic E-state index is 10.5. The summed E-state index contributed by atoms with van der Waals surface area (Å²) in [5, 5.41) is 8.67. The average molecular weight is 204 g/mol. The van der Waals surface area contributed by atoms with Gasteiger partial charge in [0.2, 0.25) is 0 Å². The van der Waals surface area contributed by atoms with Crippen LogP contribution in [0, 0.1) is 13.8 Å². The molecule has 0 atom stereocenters. The van der Waals surface area contributed by atoms with Crippen LogP contribution in [-0.2, 0) is 11.2 Å². The molecule has 0 bridgehead atoms. The van der Waals surface area contributed by atoms with E-state index in [1.54, 1.807) is 6.20 Å². The van der Waals surface area contributed by atoms with Crippen molar-refractivity contribution < 1.29 is 9.90 Å². The summed E-state index contributed by atoms with van der Waals surface area (Å²) in [6, 6.07) is 3.88. The Morgan fingerprint density at radius 2 is 2.20 bits per heavy atom. The molecule has 2 heterocycles. The van der Waals surface area contributed by atoms with E-state index >= 15 is 0 Å². The minimum atomic E-state index is -0.854. The van der Waals surface area contributed by atoms with Gasteiger partial charge in [0.1, 0.15) is 5.65 Å². The second-order valence-corrected chi connectivity index (χ2v) is 3.63. The molecule has 0 saturated carbocycles. The highest BCUT2D eigenvalue weighted by Gasteiger charge is 2.07. The third-order valence-corrected chi connectivity index (χ3v) is 2.53. The van der Waals surface area contributed by atoms with Gasteiger partial charge in [-0.15, -0.1) is 0 Å². The fourth-order valence-electron chi connectivity index (χ4n) is 1.58. The van der Waals surface area contributed by atoms with Crippen LogP contribution in [0.3, 0.4) is 0 Å². The summed E-state index contributed by atoms with van der Waals surface area (Å²) in [5.74, 6) is -0.854. The predicted octanol–water partition coefficient (Wildman–Crippen LogP) is 1.58. The van der Waals surface area contributed by atoms with Gasteiger partial charge in [-0.25, -0.2) is 4.98 Å². The first kappa shape index (κ1) is 9.71. The Hall–Kier alpha value is -1.84. The van der Waals surface area contributed by atoms with Crippen molar-refractivity contribution in [2.45, 2.75) is 20.3 Å². The van der Waals surface area contributed by atoms with Crippen molar-refractivity contribution in [2.24, 2.45) is 0 Å². The fraction of sp³-hybridized carbons (Fsp3) is 0.273. The van der Waals surface area contributed by atoms with Crippen LogP contribution in [0.1, 0.15) is 17.0 Å². The number of nitrogens with zero attached hydrogens (tertiary/aromatic N) is 2. The Morgan fingerprint density at radius 3 is 2.87 bits per heavy atom. The quantitative estimate of drug-likeness (QED) is 0.808. The summed E-state index contributed by atoms with van der Waals surface area (Å²) in [6.07, 6.45) is 1.76. The Bertz CT molecular complexity index is 529. The molecule has 15 heavy (non-hydrogen) atoms. The summed E-state index contributed by atoms with van der Waals surface area (Å²) in [6.45, 7) is 4.01. The minimum absolute atomic E-state index is 0.0276. The van der Waals surface area contributed by atoms with E-state index in [9.17, 15) is 4.79 Å². The number of carbonyl (C=O) groups is 1. The van der Waals surface area contributed by atoms with Crippen molar-refractivity contribution in [3.8, 4) is 0 Å². The lowest BCUT2D eigenvalue weighted by molar-refractivity contribution is -0.136. The van der Waals surface area contributed by atoms with Gasteiger partial charge in [0.15, 0.2) is 0 Å². The van der Waals surface area contributed by atoms with Crippen LogP contribution in [0.25, 0.3) is 5.65 Å². The molecule has 0 fully saturated rings. The van der Waals surface area contributed by atoms with Gasteiger partial charge in [0, 0.05) is 11.9 Å². The van der Waals surface area contributed by atoms with Crippen LogP contribution in [0.4, 0.5) is 0 Å². The van der Waals surface area contributed by atoms with Crippen molar-refractivity contribution in [1.29, 1.82) is 0 Å². The molecule has 1 N–H and O–H groups in total. The molecule has 4 nitrogen and oxygen atoms in total. The summed E-state index contributed by atoms with van der Waals surface area (Å²) in [5.41, 5.74) is 3.66. The highest BCUT2D eigenvalue weighted by atomic mass is 16.4. The normalized spacial score (nSPS) is 10.8. The number of imidazole rings is 1. The smallest absolute Gasteiger partial charge is 0.309 e. The van der Waals surface area contributed by atoms with E-state index < -0.39 is 5.97 Å². The second kappa shape index (κ2) is 3.38. The van der Waals surface area contributed by atoms with E-state index in [2.05, 4.69) is 4.98 Å². The SMILES string of the molecule is Cc1ccc2nc(CC(=O)O)cn2c1C. The molecule has 0 aliphatic rings. The Labute approximate surface area is 87.2 Å². The molecule has 0 spiro atoms. The first-order valence-electron chi connectivity index (χ1n) is 4.74. The predicted molar refractivity (Wildman–Crippen MR) is 56.0 cm³/mol. The number of aryl methyl sites for hydroxylation is 2. The van der Waals surface area contributed by atoms with Gasteiger partial charge in [-0.2, -0.15) is 0 Å².